The fourth-order valence-corrected chi connectivity index (χ4v) is 2.19. The van der Waals surface area contributed by atoms with E-state index in [4.69, 9.17) is 0 Å². The number of hydrogen-bond donors (Lipinski definition) is 0. The SMILES string of the molecule is Cc1cc(N2CCCC(C=O)C2)nc(C)n1. The molecule has 1 aliphatic heterocycles. The van der Waals surface area contributed by atoms with Gasteiger partial charge in [-0.05, 0) is 26.7 Å². The summed E-state index contributed by atoms with van der Waals surface area (Å²) in [5.74, 6) is 1.91. The van der Waals surface area contributed by atoms with Gasteiger partial charge in [0.05, 0.1) is 0 Å². The van der Waals surface area contributed by atoms with Gasteiger partial charge in [-0.3, -0.25) is 0 Å². The molecule has 1 unspecified atom stereocenters. The molecular weight excluding hydrogens is 202 g/mol. The van der Waals surface area contributed by atoms with Gasteiger partial charge in [-0.25, -0.2) is 9.97 Å². The topological polar surface area (TPSA) is 46.1 Å². The van der Waals surface area contributed by atoms with E-state index in [0.29, 0.717) is 0 Å². The van der Waals surface area contributed by atoms with Crippen LogP contribution in [0.4, 0.5) is 5.82 Å². The Labute approximate surface area is 95.7 Å². The highest BCUT2D eigenvalue weighted by molar-refractivity contribution is 5.56. The molecular formula is C12H17N3O. The second-order valence-electron chi connectivity index (χ2n) is 4.40. The molecule has 0 bridgehead atoms. The molecule has 0 N–H and O–H groups in total. The standard InChI is InChI=1S/C12H17N3O/c1-9-6-12(14-10(2)13-9)15-5-3-4-11(7-15)8-16/h6,8,11H,3-5,7H2,1-2H3. The Morgan fingerprint density at radius 1 is 1.44 bits per heavy atom. The van der Waals surface area contributed by atoms with Crippen LogP contribution in [0.2, 0.25) is 0 Å². The first-order valence-corrected chi connectivity index (χ1v) is 5.71. The number of carbonyl (C=O) groups is 1. The van der Waals surface area contributed by atoms with E-state index in [1.807, 2.05) is 19.9 Å². The monoisotopic (exact) mass is 219 g/mol. The van der Waals surface area contributed by atoms with Crippen molar-refractivity contribution in [2.75, 3.05) is 18.0 Å². The van der Waals surface area contributed by atoms with Crippen LogP contribution in [0.1, 0.15) is 24.4 Å². The fraction of sp³-hybridized carbons (Fsp3) is 0.583. The minimum Gasteiger partial charge on any atom is -0.356 e. The van der Waals surface area contributed by atoms with Crippen LogP contribution in [-0.4, -0.2) is 29.3 Å². The van der Waals surface area contributed by atoms with Crippen molar-refractivity contribution in [2.45, 2.75) is 26.7 Å². The number of aromatic nitrogens is 2. The van der Waals surface area contributed by atoms with Gasteiger partial charge >= 0.3 is 0 Å². The lowest BCUT2D eigenvalue weighted by Crippen LogP contribution is -2.36. The zero-order chi connectivity index (χ0) is 11.5. The average Bonchev–Trinajstić information content (AvgIpc) is 2.28. The first kappa shape index (κ1) is 11.0. The minimum atomic E-state index is 0.157. The van der Waals surface area contributed by atoms with Crippen molar-refractivity contribution in [3.05, 3.63) is 17.6 Å². The van der Waals surface area contributed by atoms with Gasteiger partial charge in [0.15, 0.2) is 0 Å². The van der Waals surface area contributed by atoms with Gasteiger partial charge < -0.3 is 9.69 Å². The summed E-state index contributed by atoms with van der Waals surface area (Å²) in [6.45, 7) is 5.65. The van der Waals surface area contributed by atoms with Gasteiger partial charge in [-0.15, -0.1) is 0 Å². The number of aryl methyl sites for hydroxylation is 2. The Balaban J connectivity index is 2.19. The molecule has 4 heteroatoms. The van der Waals surface area contributed by atoms with Gasteiger partial charge in [-0.2, -0.15) is 0 Å². The molecule has 2 rings (SSSR count). The fourth-order valence-electron chi connectivity index (χ4n) is 2.19. The summed E-state index contributed by atoms with van der Waals surface area (Å²) in [5.41, 5.74) is 0.982. The maximum absolute atomic E-state index is 10.8. The molecule has 0 spiro atoms. The summed E-state index contributed by atoms with van der Waals surface area (Å²) in [5, 5.41) is 0. The molecule has 1 saturated heterocycles. The molecule has 1 aromatic rings. The Hall–Kier alpha value is -1.45. The summed E-state index contributed by atoms with van der Waals surface area (Å²) < 4.78 is 0. The number of aldehydes is 1. The van der Waals surface area contributed by atoms with Crippen LogP contribution in [0.25, 0.3) is 0 Å². The van der Waals surface area contributed by atoms with Crippen molar-refractivity contribution >= 4 is 12.1 Å². The Morgan fingerprint density at radius 3 is 2.94 bits per heavy atom. The third-order valence-electron chi connectivity index (χ3n) is 2.93. The van der Waals surface area contributed by atoms with Gasteiger partial charge in [-0.1, -0.05) is 0 Å². The van der Waals surface area contributed by atoms with E-state index in [-0.39, 0.29) is 5.92 Å². The zero-order valence-corrected chi connectivity index (χ0v) is 9.81. The molecule has 0 radical (unpaired) electrons. The zero-order valence-electron chi connectivity index (χ0n) is 9.81. The third-order valence-corrected chi connectivity index (χ3v) is 2.93. The number of piperidine rings is 1. The normalized spacial score (nSPS) is 20.9. The second-order valence-corrected chi connectivity index (χ2v) is 4.40. The van der Waals surface area contributed by atoms with E-state index in [1.54, 1.807) is 0 Å². The molecule has 1 fully saturated rings. The van der Waals surface area contributed by atoms with E-state index in [2.05, 4.69) is 14.9 Å². The Kier molecular flexibility index (Phi) is 3.17. The van der Waals surface area contributed by atoms with E-state index >= 15 is 0 Å². The third kappa shape index (κ3) is 2.38. The summed E-state index contributed by atoms with van der Waals surface area (Å²) in [4.78, 5) is 21.7. The lowest BCUT2D eigenvalue weighted by Gasteiger charge is -2.31. The number of nitrogens with zero attached hydrogens (tertiary/aromatic N) is 3. The molecule has 0 aromatic carbocycles. The summed E-state index contributed by atoms with van der Waals surface area (Å²) in [7, 11) is 0. The number of rotatable bonds is 2. The van der Waals surface area contributed by atoms with Crippen molar-refractivity contribution < 1.29 is 4.79 Å². The number of hydrogen-bond acceptors (Lipinski definition) is 4. The quantitative estimate of drug-likeness (QED) is 0.707. The van der Waals surface area contributed by atoms with E-state index in [9.17, 15) is 4.79 Å². The molecule has 4 nitrogen and oxygen atoms in total. The molecule has 2 heterocycles. The average molecular weight is 219 g/mol. The summed E-state index contributed by atoms with van der Waals surface area (Å²) >= 11 is 0. The van der Waals surface area contributed by atoms with Crippen molar-refractivity contribution in [3.63, 3.8) is 0 Å². The van der Waals surface area contributed by atoms with Crippen molar-refractivity contribution in [2.24, 2.45) is 5.92 Å². The number of anilines is 1. The molecule has 0 saturated carbocycles. The molecule has 1 aliphatic rings. The highest BCUT2D eigenvalue weighted by Gasteiger charge is 2.20. The second kappa shape index (κ2) is 4.60. The smallest absolute Gasteiger partial charge is 0.132 e. The Morgan fingerprint density at radius 2 is 2.25 bits per heavy atom. The van der Waals surface area contributed by atoms with Crippen molar-refractivity contribution in [1.82, 2.24) is 9.97 Å². The van der Waals surface area contributed by atoms with Crippen LogP contribution in [0.3, 0.4) is 0 Å². The van der Waals surface area contributed by atoms with E-state index in [0.717, 1.165) is 49.6 Å². The highest BCUT2D eigenvalue weighted by Crippen LogP contribution is 2.20. The van der Waals surface area contributed by atoms with Crippen LogP contribution in [0.5, 0.6) is 0 Å². The maximum Gasteiger partial charge on any atom is 0.132 e. The molecule has 1 atom stereocenters. The van der Waals surface area contributed by atoms with Gasteiger partial charge in [0, 0.05) is 30.8 Å². The van der Waals surface area contributed by atoms with Crippen LogP contribution >= 0.6 is 0 Å². The van der Waals surface area contributed by atoms with Gasteiger partial charge in [0.1, 0.15) is 17.9 Å². The lowest BCUT2D eigenvalue weighted by atomic mass is 10.00. The molecule has 0 aliphatic carbocycles. The van der Waals surface area contributed by atoms with E-state index < -0.39 is 0 Å². The predicted octanol–water partition coefficient (Wildman–Crippen LogP) is 1.51. The van der Waals surface area contributed by atoms with Crippen LogP contribution in [0, 0.1) is 19.8 Å². The van der Waals surface area contributed by atoms with Crippen molar-refractivity contribution in [1.29, 1.82) is 0 Å². The molecule has 1 aromatic heterocycles. The Bertz CT molecular complexity index is 372. The lowest BCUT2D eigenvalue weighted by molar-refractivity contribution is -0.111. The van der Waals surface area contributed by atoms with Crippen LogP contribution in [-0.2, 0) is 4.79 Å². The maximum atomic E-state index is 10.8. The minimum absolute atomic E-state index is 0.157. The first-order valence-electron chi connectivity index (χ1n) is 5.71. The molecule has 16 heavy (non-hydrogen) atoms. The summed E-state index contributed by atoms with van der Waals surface area (Å²) in [6.07, 6.45) is 3.13. The van der Waals surface area contributed by atoms with Crippen molar-refractivity contribution in [3.8, 4) is 0 Å². The highest BCUT2D eigenvalue weighted by atomic mass is 16.1. The van der Waals surface area contributed by atoms with Gasteiger partial charge in [0.2, 0.25) is 0 Å². The van der Waals surface area contributed by atoms with Crippen LogP contribution in [0.15, 0.2) is 6.07 Å². The number of carbonyl (C=O) groups excluding carboxylic acids is 1. The predicted molar refractivity (Wildman–Crippen MR) is 62.5 cm³/mol. The van der Waals surface area contributed by atoms with Gasteiger partial charge in [0.25, 0.3) is 0 Å². The largest absolute Gasteiger partial charge is 0.356 e. The first-order chi connectivity index (χ1) is 7.69. The van der Waals surface area contributed by atoms with E-state index in [1.165, 1.54) is 0 Å². The molecule has 0 amide bonds. The summed E-state index contributed by atoms with van der Waals surface area (Å²) in [6, 6.07) is 1.99. The van der Waals surface area contributed by atoms with Crippen LogP contribution < -0.4 is 4.90 Å². The molecule has 86 valence electrons.